The van der Waals surface area contributed by atoms with Gasteiger partial charge in [0.15, 0.2) is 0 Å². The molecule has 0 radical (unpaired) electrons. The van der Waals surface area contributed by atoms with Gasteiger partial charge in [0.2, 0.25) is 0 Å². The quantitative estimate of drug-likeness (QED) is 0.680. The van der Waals surface area contributed by atoms with Crippen molar-refractivity contribution in [1.29, 1.82) is 0 Å². The number of nitrogen functional groups attached to an aromatic ring is 1. The van der Waals surface area contributed by atoms with E-state index in [1.807, 2.05) is 0 Å². The standard InChI is InChI=1S/C10H11BrFNO2/c1-2-15-8(14)5-6-3-4-7(12)10(13)9(6)11/h3-4H,2,5,13H2,1H3. The predicted octanol–water partition coefficient (Wildman–Crippen LogP) is 2.28. The Kier molecular flexibility index (Phi) is 4.08. The van der Waals surface area contributed by atoms with Gasteiger partial charge in [0.05, 0.1) is 18.7 Å². The SMILES string of the molecule is CCOC(=O)Cc1ccc(F)c(N)c1Br. The maximum Gasteiger partial charge on any atom is 0.310 e. The van der Waals surface area contributed by atoms with Crippen LogP contribution < -0.4 is 5.73 Å². The van der Waals surface area contributed by atoms with E-state index in [0.717, 1.165) is 0 Å². The lowest BCUT2D eigenvalue weighted by atomic mass is 10.1. The fraction of sp³-hybridized carbons (Fsp3) is 0.300. The number of halogens is 2. The van der Waals surface area contributed by atoms with Gasteiger partial charge < -0.3 is 10.5 Å². The van der Waals surface area contributed by atoms with E-state index in [9.17, 15) is 9.18 Å². The summed E-state index contributed by atoms with van der Waals surface area (Å²) in [6, 6.07) is 2.74. The Morgan fingerprint density at radius 1 is 1.60 bits per heavy atom. The lowest BCUT2D eigenvalue weighted by Crippen LogP contribution is -2.08. The van der Waals surface area contributed by atoms with Crippen LogP contribution in [0.25, 0.3) is 0 Å². The lowest BCUT2D eigenvalue weighted by Gasteiger charge is -2.07. The number of anilines is 1. The summed E-state index contributed by atoms with van der Waals surface area (Å²) in [4.78, 5) is 11.2. The van der Waals surface area contributed by atoms with Crippen LogP contribution in [0.5, 0.6) is 0 Å². The number of hydrogen-bond acceptors (Lipinski definition) is 3. The second kappa shape index (κ2) is 5.11. The molecule has 82 valence electrons. The van der Waals surface area contributed by atoms with Crippen molar-refractivity contribution in [3.8, 4) is 0 Å². The smallest absolute Gasteiger partial charge is 0.310 e. The molecule has 0 atom stereocenters. The van der Waals surface area contributed by atoms with Crippen molar-refractivity contribution in [1.82, 2.24) is 0 Å². The fourth-order valence-electron chi connectivity index (χ4n) is 1.12. The number of esters is 1. The summed E-state index contributed by atoms with van der Waals surface area (Å²) in [5.74, 6) is -0.862. The molecule has 3 nitrogen and oxygen atoms in total. The summed E-state index contributed by atoms with van der Waals surface area (Å²) in [5.41, 5.74) is 6.09. The molecule has 0 heterocycles. The maximum absolute atomic E-state index is 13.0. The molecule has 1 aromatic carbocycles. The molecule has 0 unspecified atom stereocenters. The molecule has 0 bridgehead atoms. The number of rotatable bonds is 3. The van der Waals surface area contributed by atoms with Crippen molar-refractivity contribution >= 4 is 27.6 Å². The Balaban J connectivity index is 2.87. The second-order valence-corrected chi connectivity index (χ2v) is 3.71. The van der Waals surface area contributed by atoms with E-state index in [0.29, 0.717) is 16.6 Å². The third-order valence-corrected chi connectivity index (χ3v) is 2.78. The highest BCUT2D eigenvalue weighted by atomic mass is 79.9. The zero-order chi connectivity index (χ0) is 11.4. The van der Waals surface area contributed by atoms with Crippen LogP contribution in [0, 0.1) is 5.82 Å². The van der Waals surface area contributed by atoms with Crippen LogP contribution in [0.3, 0.4) is 0 Å². The third-order valence-electron chi connectivity index (χ3n) is 1.85. The van der Waals surface area contributed by atoms with Gasteiger partial charge in [-0.15, -0.1) is 0 Å². The van der Waals surface area contributed by atoms with E-state index in [4.69, 9.17) is 10.5 Å². The first-order valence-corrected chi connectivity index (χ1v) is 5.23. The van der Waals surface area contributed by atoms with Crippen LogP contribution in [0.1, 0.15) is 12.5 Å². The highest BCUT2D eigenvalue weighted by molar-refractivity contribution is 9.10. The van der Waals surface area contributed by atoms with Gasteiger partial charge >= 0.3 is 5.97 Å². The third kappa shape index (κ3) is 2.92. The molecule has 5 heteroatoms. The number of carbonyl (C=O) groups is 1. The summed E-state index contributed by atoms with van der Waals surface area (Å²) in [7, 11) is 0. The summed E-state index contributed by atoms with van der Waals surface area (Å²) in [5, 5.41) is 0. The van der Waals surface area contributed by atoms with Gasteiger partial charge in [-0.25, -0.2) is 4.39 Å². The Hall–Kier alpha value is -1.10. The zero-order valence-electron chi connectivity index (χ0n) is 8.22. The first kappa shape index (κ1) is 12.0. The van der Waals surface area contributed by atoms with E-state index in [-0.39, 0.29) is 18.1 Å². The molecule has 0 amide bonds. The van der Waals surface area contributed by atoms with Gasteiger partial charge in [-0.1, -0.05) is 6.07 Å². The first-order valence-electron chi connectivity index (χ1n) is 4.44. The van der Waals surface area contributed by atoms with E-state index in [1.165, 1.54) is 12.1 Å². The zero-order valence-corrected chi connectivity index (χ0v) is 9.80. The van der Waals surface area contributed by atoms with Crippen LogP contribution in [-0.2, 0) is 16.0 Å². The molecule has 0 fully saturated rings. The first-order chi connectivity index (χ1) is 7.06. The molecular formula is C10H11BrFNO2. The van der Waals surface area contributed by atoms with Gasteiger partial charge in [-0.05, 0) is 34.5 Å². The van der Waals surface area contributed by atoms with Crippen molar-refractivity contribution in [3.63, 3.8) is 0 Å². The van der Waals surface area contributed by atoms with Gasteiger partial charge in [0, 0.05) is 4.47 Å². The number of benzene rings is 1. The molecule has 1 rings (SSSR count). The molecule has 2 N–H and O–H groups in total. The van der Waals surface area contributed by atoms with Crippen molar-refractivity contribution in [3.05, 3.63) is 28.0 Å². The summed E-state index contributed by atoms with van der Waals surface area (Å²) in [6.07, 6.45) is 0.0822. The molecule has 0 aromatic heterocycles. The highest BCUT2D eigenvalue weighted by Crippen LogP contribution is 2.27. The molecule has 15 heavy (non-hydrogen) atoms. The molecule has 0 aliphatic rings. The number of carbonyl (C=O) groups excluding carboxylic acids is 1. The molecule has 0 saturated carbocycles. The largest absolute Gasteiger partial charge is 0.466 e. The van der Waals surface area contributed by atoms with Gasteiger partial charge in [0.25, 0.3) is 0 Å². The average molecular weight is 276 g/mol. The Morgan fingerprint density at radius 3 is 2.87 bits per heavy atom. The van der Waals surface area contributed by atoms with Crippen molar-refractivity contribution in [2.45, 2.75) is 13.3 Å². The Morgan fingerprint density at radius 2 is 2.27 bits per heavy atom. The number of hydrogen-bond donors (Lipinski definition) is 1. The Labute approximate surface area is 95.5 Å². The topological polar surface area (TPSA) is 52.3 Å². The number of nitrogens with two attached hydrogens (primary N) is 1. The molecule has 0 saturated heterocycles. The van der Waals surface area contributed by atoms with E-state index >= 15 is 0 Å². The van der Waals surface area contributed by atoms with Gasteiger partial charge in [-0.3, -0.25) is 4.79 Å². The minimum absolute atomic E-state index is 0.0109. The van der Waals surface area contributed by atoms with Gasteiger partial charge in [-0.2, -0.15) is 0 Å². The van der Waals surface area contributed by atoms with Gasteiger partial charge in [0.1, 0.15) is 5.82 Å². The summed E-state index contributed by atoms with van der Waals surface area (Å²) < 4.78 is 18.2. The molecule has 1 aromatic rings. The monoisotopic (exact) mass is 275 g/mol. The van der Waals surface area contributed by atoms with Crippen LogP contribution in [0.2, 0.25) is 0 Å². The van der Waals surface area contributed by atoms with E-state index in [2.05, 4.69) is 15.9 Å². The van der Waals surface area contributed by atoms with E-state index < -0.39 is 5.82 Å². The van der Waals surface area contributed by atoms with Crippen molar-refractivity contribution in [2.75, 3.05) is 12.3 Å². The van der Waals surface area contributed by atoms with Crippen molar-refractivity contribution < 1.29 is 13.9 Å². The minimum Gasteiger partial charge on any atom is -0.466 e. The molecule has 0 aliphatic heterocycles. The fourth-order valence-corrected chi connectivity index (χ4v) is 1.58. The molecule has 0 spiro atoms. The minimum atomic E-state index is -0.505. The molecule has 0 aliphatic carbocycles. The normalized spacial score (nSPS) is 10.1. The Bertz CT molecular complexity index is 382. The average Bonchev–Trinajstić information content (AvgIpc) is 2.20. The lowest BCUT2D eigenvalue weighted by molar-refractivity contribution is -0.142. The maximum atomic E-state index is 13.0. The predicted molar refractivity (Wildman–Crippen MR) is 58.8 cm³/mol. The van der Waals surface area contributed by atoms with Crippen molar-refractivity contribution in [2.24, 2.45) is 0 Å². The summed E-state index contributed by atoms with van der Waals surface area (Å²) >= 11 is 3.14. The summed E-state index contributed by atoms with van der Waals surface area (Å²) in [6.45, 7) is 2.05. The van der Waals surface area contributed by atoms with Crippen LogP contribution in [-0.4, -0.2) is 12.6 Å². The number of ether oxygens (including phenoxy) is 1. The highest BCUT2D eigenvalue weighted by Gasteiger charge is 2.12. The van der Waals surface area contributed by atoms with Crippen LogP contribution >= 0.6 is 15.9 Å². The second-order valence-electron chi connectivity index (χ2n) is 2.92. The van der Waals surface area contributed by atoms with Crippen LogP contribution in [0.15, 0.2) is 16.6 Å². The molecular weight excluding hydrogens is 265 g/mol. The van der Waals surface area contributed by atoms with Crippen LogP contribution in [0.4, 0.5) is 10.1 Å². The van der Waals surface area contributed by atoms with E-state index in [1.54, 1.807) is 6.92 Å².